The van der Waals surface area contributed by atoms with Crippen molar-refractivity contribution in [1.82, 2.24) is 4.98 Å². The summed E-state index contributed by atoms with van der Waals surface area (Å²) in [5.41, 5.74) is 3.84. The summed E-state index contributed by atoms with van der Waals surface area (Å²) in [4.78, 5) is 15.6. The van der Waals surface area contributed by atoms with E-state index in [0.717, 1.165) is 15.0 Å². The van der Waals surface area contributed by atoms with Crippen molar-refractivity contribution in [3.63, 3.8) is 0 Å². The summed E-state index contributed by atoms with van der Waals surface area (Å²) in [5, 5.41) is 13.9. The van der Waals surface area contributed by atoms with Gasteiger partial charge in [0.2, 0.25) is 0 Å². The third-order valence-corrected chi connectivity index (χ3v) is 4.28. The summed E-state index contributed by atoms with van der Waals surface area (Å²) < 4.78 is 0.837. The predicted octanol–water partition coefficient (Wildman–Crippen LogP) is 3.58. The number of benzene rings is 1. The Hall–Kier alpha value is -1.22. The first kappa shape index (κ1) is 13.2. The van der Waals surface area contributed by atoms with E-state index >= 15 is 0 Å². The highest BCUT2D eigenvalue weighted by Crippen LogP contribution is 2.24. The topological polar surface area (TPSA) is 68.1 Å². The number of nitrogens with zero attached hydrogens (tertiary/aromatic N) is 2. The SMILES string of the molecule is Cc1ncsc1CNc1ccc([N+](=O)[O-])cc1I. The second-order valence-corrected chi connectivity index (χ2v) is 5.74. The standard InChI is InChI=1S/C11H10IN3O2S/c1-7-11(18-6-14-7)5-13-10-3-2-8(15(16)17)4-9(10)12/h2-4,6,13H,5H2,1H3. The molecule has 0 saturated heterocycles. The second kappa shape index (κ2) is 5.61. The molecule has 1 aromatic heterocycles. The Morgan fingerprint density at radius 3 is 2.89 bits per heavy atom. The fourth-order valence-corrected chi connectivity index (χ4v) is 2.84. The summed E-state index contributed by atoms with van der Waals surface area (Å²) in [7, 11) is 0. The molecule has 5 nitrogen and oxygen atoms in total. The van der Waals surface area contributed by atoms with Gasteiger partial charge in [0.1, 0.15) is 0 Å². The molecule has 0 aliphatic heterocycles. The highest BCUT2D eigenvalue weighted by atomic mass is 127. The minimum atomic E-state index is -0.390. The second-order valence-electron chi connectivity index (χ2n) is 3.64. The number of hydrogen-bond donors (Lipinski definition) is 1. The first-order valence-electron chi connectivity index (χ1n) is 5.14. The largest absolute Gasteiger partial charge is 0.379 e. The Morgan fingerprint density at radius 2 is 2.33 bits per heavy atom. The minimum Gasteiger partial charge on any atom is -0.379 e. The number of nitro groups is 1. The molecule has 94 valence electrons. The van der Waals surface area contributed by atoms with E-state index in [9.17, 15) is 10.1 Å². The molecule has 0 aliphatic rings. The third kappa shape index (κ3) is 2.96. The molecule has 2 aromatic rings. The van der Waals surface area contributed by atoms with Gasteiger partial charge in [0.15, 0.2) is 0 Å². The Kier molecular flexibility index (Phi) is 4.12. The number of aromatic nitrogens is 1. The lowest BCUT2D eigenvalue weighted by molar-refractivity contribution is -0.384. The predicted molar refractivity (Wildman–Crippen MR) is 80.0 cm³/mol. The van der Waals surface area contributed by atoms with Crippen LogP contribution in [0.25, 0.3) is 0 Å². The van der Waals surface area contributed by atoms with Gasteiger partial charge in [-0.25, -0.2) is 4.98 Å². The van der Waals surface area contributed by atoms with E-state index in [0.29, 0.717) is 6.54 Å². The van der Waals surface area contributed by atoms with E-state index in [1.165, 1.54) is 10.9 Å². The molecule has 0 radical (unpaired) electrons. The molecule has 1 N–H and O–H groups in total. The van der Waals surface area contributed by atoms with Gasteiger partial charge in [0.25, 0.3) is 5.69 Å². The smallest absolute Gasteiger partial charge is 0.270 e. The van der Waals surface area contributed by atoms with E-state index in [1.807, 2.05) is 12.4 Å². The van der Waals surface area contributed by atoms with Crippen molar-refractivity contribution < 1.29 is 4.92 Å². The first-order valence-corrected chi connectivity index (χ1v) is 7.10. The summed E-state index contributed by atoms with van der Waals surface area (Å²) in [6.45, 7) is 2.65. The third-order valence-electron chi connectivity index (χ3n) is 2.45. The molecule has 0 spiro atoms. The van der Waals surface area contributed by atoms with Gasteiger partial charge in [0.05, 0.1) is 22.7 Å². The molecule has 2 rings (SSSR count). The molecule has 18 heavy (non-hydrogen) atoms. The van der Waals surface area contributed by atoms with Crippen molar-refractivity contribution in [3.8, 4) is 0 Å². The fourth-order valence-electron chi connectivity index (χ4n) is 1.43. The number of anilines is 1. The number of rotatable bonds is 4. The summed E-state index contributed by atoms with van der Waals surface area (Å²) in [6.07, 6.45) is 0. The average Bonchev–Trinajstić information content (AvgIpc) is 2.73. The monoisotopic (exact) mass is 375 g/mol. The van der Waals surface area contributed by atoms with Crippen LogP contribution in [0.5, 0.6) is 0 Å². The average molecular weight is 375 g/mol. The van der Waals surface area contributed by atoms with E-state index in [1.54, 1.807) is 23.5 Å². The number of thiazole rings is 1. The van der Waals surface area contributed by atoms with Gasteiger partial charge in [-0.3, -0.25) is 10.1 Å². The number of nitro benzene ring substituents is 1. The molecule has 0 aliphatic carbocycles. The zero-order valence-electron chi connectivity index (χ0n) is 9.51. The molecule has 1 aromatic carbocycles. The summed E-state index contributed by atoms with van der Waals surface area (Å²) >= 11 is 3.69. The zero-order valence-corrected chi connectivity index (χ0v) is 12.5. The lowest BCUT2D eigenvalue weighted by Gasteiger charge is -2.07. The molecule has 0 atom stereocenters. The highest BCUT2D eigenvalue weighted by molar-refractivity contribution is 14.1. The lowest BCUT2D eigenvalue weighted by Crippen LogP contribution is -2.01. The zero-order chi connectivity index (χ0) is 13.1. The first-order chi connectivity index (χ1) is 8.58. The van der Waals surface area contributed by atoms with Gasteiger partial charge in [-0.2, -0.15) is 0 Å². The Bertz CT molecular complexity index is 585. The fraction of sp³-hybridized carbons (Fsp3) is 0.182. The van der Waals surface area contributed by atoms with Crippen LogP contribution in [-0.2, 0) is 6.54 Å². The Morgan fingerprint density at radius 1 is 1.56 bits per heavy atom. The van der Waals surface area contributed by atoms with Crippen molar-refractivity contribution in [1.29, 1.82) is 0 Å². The quantitative estimate of drug-likeness (QED) is 0.504. The molecular formula is C11H10IN3O2S. The van der Waals surface area contributed by atoms with Gasteiger partial charge in [-0.15, -0.1) is 11.3 Å². The van der Waals surface area contributed by atoms with Crippen molar-refractivity contribution in [2.45, 2.75) is 13.5 Å². The molecule has 1 heterocycles. The molecule has 7 heteroatoms. The van der Waals surface area contributed by atoms with Crippen molar-refractivity contribution in [2.75, 3.05) is 5.32 Å². The van der Waals surface area contributed by atoms with E-state index < -0.39 is 0 Å². The van der Waals surface area contributed by atoms with Crippen LogP contribution in [0.2, 0.25) is 0 Å². The van der Waals surface area contributed by atoms with Gasteiger partial charge < -0.3 is 5.32 Å². The van der Waals surface area contributed by atoms with Crippen molar-refractivity contribution >= 4 is 45.3 Å². The van der Waals surface area contributed by atoms with E-state index in [4.69, 9.17) is 0 Å². The molecule has 0 amide bonds. The van der Waals surface area contributed by atoms with Crippen LogP contribution in [0.1, 0.15) is 10.6 Å². The molecule has 0 bridgehead atoms. The number of hydrogen-bond acceptors (Lipinski definition) is 5. The maximum Gasteiger partial charge on any atom is 0.270 e. The Labute approximate surface area is 122 Å². The van der Waals surface area contributed by atoms with Gasteiger partial charge in [-0.05, 0) is 35.6 Å². The molecule has 0 fully saturated rings. The number of non-ortho nitro benzene ring substituents is 1. The molecule has 0 saturated carbocycles. The number of aryl methyl sites for hydroxylation is 1. The van der Waals surface area contributed by atoms with Crippen LogP contribution < -0.4 is 5.32 Å². The number of nitrogens with one attached hydrogen (secondary N) is 1. The molecular weight excluding hydrogens is 365 g/mol. The van der Waals surface area contributed by atoms with Crippen LogP contribution in [0.3, 0.4) is 0 Å². The summed E-state index contributed by atoms with van der Waals surface area (Å²) in [6, 6.07) is 4.79. The highest BCUT2D eigenvalue weighted by Gasteiger charge is 2.09. The lowest BCUT2D eigenvalue weighted by atomic mass is 10.3. The normalized spacial score (nSPS) is 10.3. The van der Waals surface area contributed by atoms with Gasteiger partial charge in [0, 0.05) is 26.3 Å². The van der Waals surface area contributed by atoms with Crippen molar-refractivity contribution in [2.24, 2.45) is 0 Å². The maximum absolute atomic E-state index is 10.6. The van der Waals surface area contributed by atoms with Gasteiger partial charge >= 0.3 is 0 Å². The molecule has 0 unspecified atom stereocenters. The van der Waals surface area contributed by atoms with Crippen LogP contribution >= 0.6 is 33.9 Å². The van der Waals surface area contributed by atoms with E-state index in [2.05, 4.69) is 32.9 Å². The summed E-state index contributed by atoms with van der Waals surface area (Å²) in [5.74, 6) is 0. The Balaban J connectivity index is 2.11. The van der Waals surface area contributed by atoms with Crippen LogP contribution in [0.4, 0.5) is 11.4 Å². The van der Waals surface area contributed by atoms with Crippen LogP contribution in [-0.4, -0.2) is 9.91 Å². The number of halogens is 1. The van der Waals surface area contributed by atoms with Crippen LogP contribution in [0.15, 0.2) is 23.7 Å². The van der Waals surface area contributed by atoms with E-state index in [-0.39, 0.29) is 10.6 Å². The van der Waals surface area contributed by atoms with Gasteiger partial charge in [-0.1, -0.05) is 0 Å². The van der Waals surface area contributed by atoms with Crippen LogP contribution in [0, 0.1) is 20.6 Å². The maximum atomic E-state index is 10.6. The van der Waals surface area contributed by atoms with Crippen molar-refractivity contribution in [3.05, 3.63) is 48.0 Å². The minimum absolute atomic E-state index is 0.110.